The number of ether oxygens (including phenoxy) is 2. The van der Waals surface area contributed by atoms with Crippen LogP contribution < -0.4 is 10.3 Å². The molecule has 142 valence electrons. The van der Waals surface area contributed by atoms with Crippen LogP contribution in [0.4, 0.5) is 0 Å². The molecule has 1 N–H and O–H groups in total. The van der Waals surface area contributed by atoms with Crippen LogP contribution in [0.15, 0.2) is 29.2 Å². The van der Waals surface area contributed by atoms with Gasteiger partial charge in [0.1, 0.15) is 6.61 Å². The average molecular weight is 379 g/mol. The minimum absolute atomic E-state index is 0.114. The van der Waals surface area contributed by atoms with E-state index in [1.165, 1.54) is 0 Å². The first-order valence-electron chi connectivity index (χ1n) is 8.97. The summed E-state index contributed by atoms with van der Waals surface area (Å²) in [4.78, 5) is 34.2. The summed E-state index contributed by atoms with van der Waals surface area (Å²) in [5, 5.41) is 11.6. The monoisotopic (exact) mass is 379 g/mol. The maximum atomic E-state index is 13.1. The maximum Gasteiger partial charge on any atom is 0.343 e. The molecule has 0 aliphatic carbocycles. The molecule has 0 bridgehead atoms. The quantitative estimate of drug-likeness (QED) is 0.526. The first-order valence-corrected chi connectivity index (χ1v) is 8.97. The molecule has 1 atom stereocenters. The number of hydrogen-bond acceptors (Lipinski definition) is 7. The fourth-order valence-corrected chi connectivity index (χ4v) is 4.04. The van der Waals surface area contributed by atoms with Crippen molar-refractivity contribution < 1.29 is 19.4 Å². The maximum absolute atomic E-state index is 13.1. The van der Waals surface area contributed by atoms with Crippen LogP contribution in [0, 0.1) is 0 Å². The second-order valence-electron chi connectivity index (χ2n) is 6.99. The molecule has 0 amide bonds. The molecule has 2 aliphatic rings. The van der Waals surface area contributed by atoms with Gasteiger partial charge in [-0.05, 0) is 24.6 Å². The van der Waals surface area contributed by atoms with Crippen molar-refractivity contribution in [3.8, 4) is 17.3 Å². The highest BCUT2D eigenvalue weighted by atomic mass is 16.6. The third-order valence-electron chi connectivity index (χ3n) is 5.59. The molecule has 0 aromatic carbocycles. The Morgan fingerprint density at radius 2 is 2.18 bits per heavy atom. The Morgan fingerprint density at radius 3 is 2.93 bits per heavy atom. The van der Waals surface area contributed by atoms with E-state index in [4.69, 9.17) is 14.5 Å². The van der Waals surface area contributed by atoms with Crippen molar-refractivity contribution in [2.75, 3.05) is 7.11 Å². The topological polar surface area (TPSA) is 104 Å². The summed E-state index contributed by atoms with van der Waals surface area (Å²) in [6.45, 7) is 1.88. The molecule has 3 aromatic heterocycles. The van der Waals surface area contributed by atoms with Gasteiger partial charge in [-0.3, -0.25) is 4.79 Å². The van der Waals surface area contributed by atoms with Crippen LogP contribution >= 0.6 is 0 Å². The molecule has 0 unspecified atom stereocenters. The number of carbonyl (C=O) groups excluding carboxylic acids is 1. The van der Waals surface area contributed by atoms with E-state index in [9.17, 15) is 14.7 Å². The number of carbonyl (C=O) groups is 1. The summed E-state index contributed by atoms with van der Waals surface area (Å²) in [5.41, 5.74) is 1.29. The highest BCUT2D eigenvalue weighted by Crippen LogP contribution is 2.39. The van der Waals surface area contributed by atoms with Crippen LogP contribution in [0.2, 0.25) is 0 Å². The number of pyridine rings is 3. The number of cyclic esters (lactones) is 1. The number of aromatic nitrogens is 3. The fourth-order valence-electron chi connectivity index (χ4n) is 4.04. The molecule has 28 heavy (non-hydrogen) atoms. The van der Waals surface area contributed by atoms with Crippen molar-refractivity contribution in [1.82, 2.24) is 14.5 Å². The van der Waals surface area contributed by atoms with Crippen molar-refractivity contribution in [2.45, 2.75) is 32.1 Å². The molecular weight excluding hydrogens is 362 g/mol. The smallest absolute Gasteiger partial charge is 0.343 e. The molecule has 0 radical (unpaired) electrons. The van der Waals surface area contributed by atoms with Crippen molar-refractivity contribution >= 4 is 16.9 Å². The summed E-state index contributed by atoms with van der Waals surface area (Å²) < 4.78 is 12.0. The summed E-state index contributed by atoms with van der Waals surface area (Å²) in [7, 11) is 1.55. The number of nitrogens with zero attached hydrogens (tertiary/aromatic N) is 3. The number of esters is 1. The van der Waals surface area contributed by atoms with E-state index in [0.717, 1.165) is 10.9 Å². The Hall–Kier alpha value is -3.26. The lowest BCUT2D eigenvalue weighted by Gasteiger charge is -2.31. The Labute approximate surface area is 159 Å². The molecule has 0 spiro atoms. The van der Waals surface area contributed by atoms with Gasteiger partial charge in [-0.2, -0.15) is 0 Å². The number of fused-ring (bicyclic) bond motifs is 5. The summed E-state index contributed by atoms with van der Waals surface area (Å²) >= 11 is 0. The Kier molecular flexibility index (Phi) is 3.39. The van der Waals surface area contributed by atoms with Crippen molar-refractivity contribution in [3.05, 3.63) is 51.4 Å². The largest absolute Gasteiger partial charge is 0.481 e. The third kappa shape index (κ3) is 2.03. The minimum Gasteiger partial charge on any atom is -0.481 e. The second-order valence-corrected chi connectivity index (χ2v) is 6.99. The van der Waals surface area contributed by atoms with Crippen LogP contribution in [0.1, 0.15) is 30.0 Å². The number of hydrogen-bond donors (Lipinski definition) is 1. The molecule has 3 aromatic rings. The zero-order valence-electron chi connectivity index (χ0n) is 15.4. The highest BCUT2D eigenvalue weighted by Gasteiger charge is 2.45. The van der Waals surface area contributed by atoms with Gasteiger partial charge in [0.2, 0.25) is 5.88 Å². The Bertz CT molecular complexity index is 1230. The lowest BCUT2D eigenvalue weighted by molar-refractivity contribution is -0.172. The van der Waals surface area contributed by atoms with Gasteiger partial charge in [-0.15, -0.1) is 0 Å². The molecule has 5 heterocycles. The van der Waals surface area contributed by atoms with Crippen molar-refractivity contribution in [1.29, 1.82) is 0 Å². The first kappa shape index (κ1) is 16.9. The Morgan fingerprint density at radius 1 is 1.36 bits per heavy atom. The lowest BCUT2D eigenvalue weighted by Crippen LogP contribution is -2.44. The standard InChI is InChI=1S/C20H17N3O5/c1-3-20(26)13-7-15-16-10(6-11-14(22-16)4-5-21-17(11)27-2)8-23(15)18(24)12(13)9-28-19(20)25/h4-7,26H,3,8-9H2,1-2H3/t20-/m0/s1. The summed E-state index contributed by atoms with van der Waals surface area (Å²) in [6.07, 6.45) is 1.73. The van der Waals surface area contributed by atoms with Crippen LogP contribution in [-0.4, -0.2) is 32.7 Å². The van der Waals surface area contributed by atoms with Crippen LogP contribution in [0.25, 0.3) is 22.3 Å². The van der Waals surface area contributed by atoms with Crippen LogP contribution in [0.5, 0.6) is 5.88 Å². The van der Waals surface area contributed by atoms with Crippen LogP contribution in [-0.2, 0) is 28.3 Å². The van der Waals surface area contributed by atoms with Gasteiger partial charge in [0.25, 0.3) is 5.56 Å². The molecule has 8 nitrogen and oxygen atoms in total. The Balaban J connectivity index is 1.79. The average Bonchev–Trinajstić information content (AvgIpc) is 3.07. The van der Waals surface area contributed by atoms with Crippen molar-refractivity contribution in [2.24, 2.45) is 0 Å². The number of methoxy groups -OCH3 is 1. The minimum atomic E-state index is -1.82. The van der Waals surface area contributed by atoms with Gasteiger partial charge in [0.15, 0.2) is 5.60 Å². The molecular formula is C20H17N3O5. The SMILES string of the molecule is CC[C@@]1(O)C(=O)OCc2c1cc1n(c2=O)Cc2cc3c(OC)nccc3nc2-1. The van der Waals surface area contributed by atoms with E-state index in [2.05, 4.69) is 4.98 Å². The molecule has 0 saturated heterocycles. The molecule has 8 heteroatoms. The highest BCUT2D eigenvalue weighted by molar-refractivity contribution is 5.88. The number of aliphatic hydroxyl groups is 1. The van der Waals surface area contributed by atoms with E-state index in [-0.39, 0.29) is 18.6 Å². The zero-order chi connectivity index (χ0) is 19.6. The van der Waals surface area contributed by atoms with E-state index < -0.39 is 11.6 Å². The molecule has 5 rings (SSSR count). The number of rotatable bonds is 2. The lowest BCUT2D eigenvalue weighted by atomic mass is 9.86. The van der Waals surface area contributed by atoms with Crippen molar-refractivity contribution in [3.63, 3.8) is 0 Å². The van der Waals surface area contributed by atoms with E-state index in [1.807, 2.05) is 6.07 Å². The van der Waals surface area contributed by atoms with Gasteiger partial charge < -0.3 is 19.1 Å². The zero-order valence-corrected chi connectivity index (χ0v) is 15.4. The predicted octanol–water partition coefficient (Wildman–Crippen LogP) is 1.48. The molecule has 2 aliphatic heterocycles. The van der Waals surface area contributed by atoms with Gasteiger partial charge in [0, 0.05) is 17.3 Å². The predicted molar refractivity (Wildman–Crippen MR) is 98.9 cm³/mol. The third-order valence-corrected chi connectivity index (χ3v) is 5.59. The van der Waals surface area contributed by atoms with Gasteiger partial charge in [0.05, 0.1) is 41.5 Å². The fraction of sp³-hybridized carbons (Fsp3) is 0.300. The van der Waals surface area contributed by atoms with Gasteiger partial charge in [-0.1, -0.05) is 6.92 Å². The second kappa shape index (κ2) is 5.62. The van der Waals surface area contributed by atoms with E-state index >= 15 is 0 Å². The van der Waals surface area contributed by atoms with E-state index in [0.29, 0.717) is 40.5 Å². The summed E-state index contributed by atoms with van der Waals surface area (Å²) in [5.74, 6) is -0.262. The molecule has 0 saturated carbocycles. The first-order chi connectivity index (χ1) is 13.5. The van der Waals surface area contributed by atoms with E-state index in [1.54, 1.807) is 36.9 Å². The van der Waals surface area contributed by atoms with Gasteiger partial charge >= 0.3 is 5.97 Å². The molecule has 0 fully saturated rings. The normalized spacial score (nSPS) is 19.8. The van der Waals surface area contributed by atoms with Gasteiger partial charge in [-0.25, -0.2) is 14.8 Å². The van der Waals surface area contributed by atoms with Crippen LogP contribution in [0.3, 0.4) is 0 Å². The summed E-state index contributed by atoms with van der Waals surface area (Å²) in [6, 6.07) is 5.39.